The predicted molar refractivity (Wildman–Crippen MR) is 137 cm³/mol. The summed E-state index contributed by atoms with van der Waals surface area (Å²) in [5, 5.41) is 15.0. The number of halogens is 6. The van der Waals surface area contributed by atoms with E-state index in [0.717, 1.165) is 52.0 Å². The van der Waals surface area contributed by atoms with E-state index in [1.54, 1.807) is 4.90 Å². The number of nitrogens with zero attached hydrogens (tertiary/aromatic N) is 6. The van der Waals surface area contributed by atoms with Crippen LogP contribution in [0.1, 0.15) is 5.56 Å². The Balaban J connectivity index is 1.36. The van der Waals surface area contributed by atoms with E-state index in [1.807, 2.05) is 0 Å². The first kappa shape index (κ1) is 30.3. The minimum atomic E-state index is -4.97. The Morgan fingerprint density at radius 2 is 1.56 bits per heavy atom. The number of amides is 1. The summed E-state index contributed by atoms with van der Waals surface area (Å²) in [5.41, 5.74) is 0.402. The van der Waals surface area contributed by atoms with Crippen molar-refractivity contribution in [1.29, 1.82) is 0 Å². The molecule has 1 N–H and O–H groups in total. The maximum atomic E-state index is 13.6. The van der Waals surface area contributed by atoms with Crippen molar-refractivity contribution < 1.29 is 49.0 Å². The normalized spacial score (nSPS) is 16.8. The Morgan fingerprint density at radius 1 is 0.953 bits per heavy atom. The van der Waals surface area contributed by atoms with Crippen molar-refractivity contribution in [1.82, 2.24) is 29.4 Å². The monoisotopic (exact) mass is 651 g/mol. The van der Waals surface area contributed by atoms with Gasteiger partial charge in [-0.1, -0.05) is 23.5 Å². The second-order valence-electron chi connectivity index (χ2n) is 8.95. The molecule has 1 saturated heterocycles. The summed E-state index contributed by atoms with van der Waals surface area (Å²) in [7, 11) is -4.40. The Bertz CT molecular complexity index is 1660. The van der Waals surface area contributed by atoms with Gasteiger partial charge in [0.2, 0.25) is 26.0 Å². The van der Waals surface area contributed by atoms with Crippen LogP contribution in [-0.2, 0) is 21.4 Å². The van der Waals surface area contributed by atoms with Crippen LogP contribution in [-0.4, -0.2) is 76.8 Å². The van der Waals surface area contributed by atoms with Gasteiger partial charge in [0, 0.05) is 26.2 Å². The summed E-state index contributed by atoms with van der Waals surface area (Å²) in [6.07, 6.45) is -8.48. The summed E-state index contributed by atoms with van der Waals surface area (Å²) >= 11 is 1.16. The van der Waals surface area contributed by atoms with Gasteiger partial charge in [-0.25, -0.2) is 8.42 Å². The number of fused-ring (bicyclic) bond motifs is 1. The van der Waals surface area contributed by atoms with Gasteiger partial charge >= 0.3 is 12.7 Å². The first-order valence-corrected chi connectivity index (χ1v) is 14.4. The van der Waals surface area contributed by atoms with Gasteiger partial charge in [0.15, 0.2) is 0 Å². The molecular formula is C23H19F6N7O5S2. The van der Waals surface area contributed by atoms with Crippen molar-refractivity contribution in [3.63, 3.8) is 0 Å². The number of hydrogen-bond donors (Lipinski definition) is 1. The van der Waals surface area contributed by atoms with E-state index in [1.165, 1.54) is 23.0 Å². The molecule has 0 unspecified atom stereocenters. The number of benzene rings is 2. The molecule has 4 aromatic rings. The van der Waals surface area contributed by atoms with E-state index in [4.69, 9.17) is 0 Å². The largest absolute Gasteiger partial charge is 0.573 e. The number of carbonyl (C=O) groups excluding carboxylic acids is 1. The van der Waals surface area contributed by atoms with Gasteiger partial charge in [0.25, 0.3) is 0 Å². The zero-order valence-electron chi connectivity index (χ0n) is 21.4. The molecule has 0 radical (unpaired) electrons. The Kier molecular flexibility index (Phi) is 8.09. The lowest BCUT2D eigenvalue weighted by atomic mass is 10.2. The zero-order chi connectivity index (χ0) is 31.0. The first-order chi connectivity index (χ1) is 20.2. The van der Waals surface area contributed by atoms with Crippen molar-refractivity contribution in [2.45, 2.75) is 30.2 Å². The second kappa shape index (κ2) is 11.5. The van der Waals surface area contributed by atoms with Crippen LogP contribution in [0.15, 0.2) is 59.8 Å². The van der Waals surface area contributed by atoms with E-state index in [0.29, 0.717) is 15.7 Å². The Morgan fingerprint density at radius 3 is 2.14 bits per heavy atom. The average Bonchev–Trinajstić information content (AvgIpc) is 3.54. The molecule has 2 aromatic carbocycles. The summed E-state index contributed by atoms with van der Waals surface area (Å²) in [4.78, 5) is 15.2. The lowest BCUT2D eigenvalue weighted by molar-refractivity contribution is -0.275. The van der Waals surface area contributed by atoms with Crippen LogP contribution in [0.3, 0.4) is 0 Å². The fourth-order valence-electron chi connectivity index (χ4n) is 4.18. The minimum Gasteiger partial charge on any atom is -0.406 e. The predicted octanol–water partition coefficient (Wildman–Crippen LogP) is 3.18. The zero-order valence-corrected chi connectivity index (χ0v) is 23.0. The van der Waals surface area contributed by atoms with E-state index in [9.17, 15) is 39.6 Å². The van der Waals surface area contributed by atoms with Crippen LogP contribution in [0.2, 0.25) is 0 Å². The lowest BCUT2D eigenvalue weighted by Gasteiger charge is -2.39. The van der Waals surface area contributed by atoms with E-state index in [-0.39, 0.29) is 31.1 Å². The van der Waals surface area contributed by atoms with Crippen LogP contribution in [0.25, 0.3) is 4.96 Å². The second-order valence-corrected chi connectivity index (χ2v) is 11.8. The van der Waals surface area contributed by atoms with Gasteiger partial charge in [0.1, 0.15) is 23.9 Å². The topological polar surface area (TPSA) is 131 Å². The van der Waals surface area contributed by atoms with Gasteiger partial charge in [-0.2, -0.15) is 8.82 Å². The molecule has 0 spiro atoms. The highest BCUT2D eigenvalue weighted by molar-refractivity contribution is 7.89. The number of hydrogen-bond acceptors (Lipinski definition) is 10. The number of carbonyl (C=O) groups is 1. The van der Waals surface area contributed by atoms with E-state index in [2.05, 4.69) is 30.1 Å². The van der Waals surface area contributed by atoms with Crippen LogP contribution in [0.5, 0.6) is 11.5 Å². The van der Waals surface area contributed by atoms with Crippen LogP contribution in [0.4, 0.5) is 31.5 Å². The molecule has 1 fully saturated rings. The first-order valence-electron chi connectivity index (χ1n) is 12.1. The highest BCUT2D eigenvalue weighted by Gasteiger charge is 2.41. The van der Waals surface area contributed by atoms with Gasteiger partial charge < -0.3 is 19.7 Å². The fourth-order valence-corrected chi connectivity index (χ4v) is 6.61. The third kappa shape index (κ3) is 7.25. The van der Waals surface area contributed by atoms with Crippen LogP contribution < -0.4 is 19.7 Å². The van der Waals surface area contributed by atoms with E-state index < -0.39 is 46.2 Å². The molecular weight excluding hydrogens is 632 g/mol. The number of aromatic nitrogens is 4. The summed E-state index contributed by atoms with van der Waals surface area (Å²) in [6, 6.07) is 6.96. The molecule has 0 saturated carbocycles. The molecule has 1 aliphatic rings. The molecule has 12 nitrogen and oxygen atoms in total. The lowest BCUT2D eigenvalue weighted by Crippen LogP contribution is -2.60. The highest BCUT2D eigenvalue weighted by Crippen LogP contribution is 2.30. The maximum Gasteiger partial charge on any atom is 0.573 e. The Labute approximate surface area is 242 Å². The number of nitrogens with one attached hydrogen (secondary N) is 1. The maximum absolute atomic E-state index is 13.6. The average molecular weight is 652 g/mol. The number of piperazine rings is 1. The molecule has 1 aliphatic heterocycles. The smallest absolute Gasteiger partial charge is 0.406 e. The van der Waals surface area contributed by atoms with Crippen molar-refractivity contribution in [2.75, 3.05) is 24.5 Å². The molecule has 0 bridgehead atoms. The van der Waals surface area contributed by atoms with Gasteiger partial charge in [-0.3, -0.25) is 4.79 Å². The molecule has 230 valence electrons. The van der Waals surface area contributed by atoms with Crippen LogP contribution in [0, 0.1) is 0 Å². The van der Waals surface area contributed by atoms with Gasteiger partial charge in [-0.15, -0.1) is 41.6 Å². The molecule has 1 atom stereocenters. The summed E-state index contributed by atoms with van der Waals surface area (Å²) < 4.78 is 112. The molecule has 20 heteroatoms. The molecule has 5 rings (SSSR count). The standard InChI is InChI=1S/C23H19F6N7O5S2/c24-22(25,26)40-15-3-1-14(2-4-15)11-30-19(37)18-12-34(21-33-35-13-31-32-20(35)42-21)9-10-36(18)43(38,39)17-7-5-16(6-8-17)41-23(27,28)29/h1-8,13,18H,9-12H2,(H,30,37)/t18-/m1/s1. The molecule has 2 aromatic heterocycles. The third-order valence-electron chi connectivity index (χ3n) is 6.07. The summed E-state index contributed by atoms with van der Waals surface area (Å²) in [6.45, 7) is -0.383. The van der Waals surface area contributed by atoms with Crippen LogP contribution >= 0.6 is 11.3 Å². The quantitative estimate of drug-likeness (QED) is 0.286. The van der Waals surface area contributed by atoms with E-state index >= 15 is 0 Å². The van der Waals surface area contributed by atoms with Crippen molar-refractivity contribution in [3.05, 3.63) is 60.4 Å². The summed E-state index contributed by atoms with van der Waals surface area (Å²) in [5.74, 6) is -1.82. The third-order valence-corrected chi connectivity index (χ3v) is 8.96. The highest BCUT2D eigenvalue weighted by atomic mass is 32.2. The molecule has 0 aliphatic carbocycles. The Hall–Kier alpha value is -4.17. The number of ether oxygens (including phenoxy) is 2. The number of sulfonamides is 1. The molecule has 43 heavy (non-hydrogen) atoms. The SMILES string of the molecule is O=C(NCc1ccc(OC(F)(F)F)cc1)[C@H]1CN(c2nn3cnnc3s2)CCN1S(=O)(=O)c1ccc(OC(F)(F)F)cc1. The molecule has 3 heterocycles. The van der Waals surface area contributed by atoms with Crippen molar-refractivity contribution >= 4 is 37.4 Å². The van der Waals surface area contributed by atoms with Gasteiger partial charge in [-0.05, 0) is 42.0 Å². The van der Waals surface area contributed by atoms with Crippen molar-refractivity contribution in [2.24, 2.45) is 0 Å². The number of alkyl halides is 6. The van der Waals surface area contributed by atoms with Crippen molar-refractivity contribution in [3.8, 4) is 11.5 Å². The number of anilines is 1. The van der Waals surface area contributed by atoms with Gasteiger partial charge in [0.05, 0.1) is 4.90 Å². The number of rotatable bonds is 8. The molecule has 1 amide bonds. The fraction of sp³-hybridized carbons (Fsp3) is 0.304. The minimum absolute atomic E-state index is 0.114.